The number of carbonyl (C=O) groups excluding carboxylic acids is 1. The monoisotopic (exact) mass is 483 g/mol. The quantitative estimate of drug-likeness (QED) is 0.309. The zero-order valence-corrected chi connectivity index (χ0v) is 21.0. The van der Waals surface area contributed by atoms with Gasteiger partial charge in [0.25, 0.3) is 5.91 Å². The largest absolute Gasteiger partial charge is 0.337 e. The van der Waals surface area contributed by atoms with Gasteiger partial charge in [0, 0.05) is 23.7 Å². The summed E-state index contributed by atoms with van der Waals surface area (Å²) in [5.41, 5.74) is 6.96. The van der Waals surface area contributed by atoms with Crippen LogP contribution in [0.1, 0.15) is 40.0 Å². The maximum Gasteiger partial charge on any atom is 0.272 e. The summed E-state index contributed by atoms with van der Waals surface area (Å²) in [5, 5.41) is 5.48. The van der Waals surface area contributed by atoms with Gasteiger partial charge in [0.05, 0.1) is 11.4 Å². The Hall–Kier alpha value is -3.37. The van der Waals surface area contributed by atoms with E-state index < -0.39 is 0 Å². The molecule has 5 heteroatoms. The smallest absolute Gasteiger partial charge is 0.272 e. The second-order valence-electron chi connectivity index (χ2n) is 9.53. The van der Waals surface area contributed by atoms with E-state index in [1.165, 1.54) is 16.7 Å². The lowest BCUT2D eigenvalue weighted by Gasteiger charge is -2.32. The van der Waals surface area contributed by atoms with Gasteiger partial charge in [0.15, 0.2) is 0 Å². The molecular weight excluding hydrogens is 454 g/mol. The zero-order chi connectivity index (χ0) is 24.4. The Balaban J connectivity index is 1.41. The molecule has 1 fully saturated rings. The highest BCUT2D eigenvalue weighted by Gasteiger charge is 2.27. The third-order valence-corrected chi connectivity index (χ3v) is 7.29. The summed E-state index contributed by atoms with van der Waals surface area (Å²) in [5.74, 6) is 0.621. The topological polar surface area (TPSA) is 38.1 Å². The molecule has 1 amide bonds. The first-order chi connectivity index (χ1) is 17.0. The minimum atomic E-state index is 0.0192. The van der Waals surface area contributed by atoms with E-state index in [0.29, 0.717) is 16.6 Å². The lowest BCUT2D eigenvalue weighted by atomic mass is 9.90. The van der Waals surface area contributed by atoms with Crippen LogP contribution in [0.3, 0.4) is 0 Å². The molecule has 1 aromatic heterocycles. The SMILES string of the molecule is Cc1ccc(-c2cc(C(=O)N3CCC(Cc4ccccc4)CC3)n(-c3cccc(Cl)c3)n2)cc1C. The van der Waals surface area contributed by atoms with Crippen LogP contribution >= 0.6 is 11.6 Å². The molecule has 0 bridgehead atoms. The lowest BCUT2D eigenvalue weighted by molar-refractivity contribution is 0.0681. The molecule has 4 aromatic rings. The van der Waals surface area contributed by atoms with E-state index in [1.807, 2.05) is 35.2 Å². The predicted octanol–water partition coefficient (Wildman–Crippen LogP) is 6.90. The normalized spacial score (nSPS) is 14.3. The van der Waals surface area contributed by atoms with Crippen LogP contribution in [0.5, 0.6) is 0 Å². The summed E-state index contributed by atoms with van der Waals surface area (Å²) in [7, 11) is 0. The second kappa shape index (κ2) is 10.1. The van der Waals surface area contributed by atoms with Crippen molar-refractivity contribution in [3.8, 4) is 16.9 Å². The predicted molar refractivity (Wildman–Crippen MR) is 142 cm³/mol. The summed E-state index contributed by atoms with van der Waals surface area (Å²) in [6, 6.07) is 26.3. The Morgan fingerprint density at radius 1 is 0.914 bits per heavy atom. The summed E-state index contributed by atoms with van der Waals surface area (Å²) >= 11 is 6.28. The number of aromatic nitrogens is 2. The van der Waals surface area contributed by atoms with E-state index >= 15 is 0 Å². The standard InChI is InChI=1S/C30H30ClN3O/c1-21-11-12-25(17-22(21)2)28-20-29(34(32-28)27-10-6-9-26(31)19-27)30(35)33-15-13-24(14-16-33)18-23-7-4-3-5-8-23/h3-12,17,19-20,24H,13-16,18H2,1-2H3. The average molecular weight is 484 g/mol. The first-order valence-electron chi connectivity index (χ1n) is 12.2. The average Bonchev–Trinajstić information content (AvgIpc) is 3.32. The van der Waals surface area contributed by atoms with E-state index in [2.05, 4.69) is 62.4 Å². The van der Waals surface area contributed by atoms with Gasteiger partial charge in [0.2, 0.25) is 0 Å². The fourth-order valence-corrected chi connectivity index (χ4v) is 5.01. The number of hydrogen-bond acceptors (Lipinski definition) is 2. The van der Waals surface area contributed by atoms with Crippen molar-refractivity contribution in [1.29, 1.82) is 0 Å². The van der Waals surface area contributed by atoms with Crippen LogP contribution in [-0.2, 0) is 6.42 Å². The highest BCUT2D eigenvalue weighted by atomic mass is 35.5. The van der Waals surface area contributed by atoms with E-state index in [0.717, 1.165) is 49.3 Å². The Morgan fingerprint density at radius 2 is 1.69 bits per heavy atom. The number of piperidine rings is 1. The molecule has 2 heterocycles. The van der Waals surface area contributed by atoms with Gasteiger partial charge in [-0.3, -0.25) is 4.79 Å². The van der Waals surface area contributed by atoms with Gasteiger partial charge in [-0.15, -0.1) is 0 Å². The molecule has 0 unspecified atom stereocenters. The van der Waals surface area contributed by atoms with E-state index in [9.17, 15) is 4.79 Å². The maximum absolute atomic E-state index is 13.7. The van der Waals surface area contributed by atoms with Crippen LogP contribution in [0.15, 0.2) is 78.9 Å². The Kier molecular flexibility index (Phi) is 6.74. The Bertz CT molecular complexity index is 1340. The number of rotatable bonds is 5. The van der Waals surface area contributed by atoms with Gasteiger partial charge >= 0.3 is 0 Å². The molecule has 178 valence electrons. The van der Waals surface area contributed by atoms with Gasteiger partial charge in [0.1, 0.15) is 5.69 Å². The minimum Gasteiger partial charge on any atom is -0.337 e. The first kappa shape index (κ1) is 23.4. The van der Waals surface area contributed by atoms with Crippen molar-refractivity contribution in [2.24, 2.45) is 5.92 Å². The molecule has 5 rings (SSSR count). The van der Waals surface area contributed by atoms with Crippen molar-refractivity contribution in [1.82, 2.24) is 14.7 Å². The van der Waals surface area contributed by atoms with E-state index in [1.54, 1.807) is 4.68 Å². The van der Waals surface area contributed by atoms with Crippen LogP contribution < -0.4 is 0 Å². The summed E-state index contributed by atoms with van der Waals surface area (Å²) in [4.78, 5) is 15.7. The lowest BCUT2D eigenvalue weighted by Crippen LogP contribution is -2.39. The third-order valence-electron chi connectivity index (χ3n) is 7.05. The van der Waals surface area contributed by atoms with Crippen LogP contribution in [0, 0.1) is 19.8 Å². The molecule has 0 spiro atoms. The van der Waals surface area contributed by atoms with Gasteiger partial charge in [-0.05, 0) is 86.1 Å². The van der Waals surface area contributed by atoms with Crippen LogP contribution in [0.4, 0.5) is 0 Å². The Morgan fingerprint density at radius 3 is 2.40 bits per heavy atom. The number of likely N-dealkylation sites (tertiary alicyclic amines) is 1. The Labute approximate surface area is 212 Å². The molecule has 0 atom stereocenters. The molecule has 0 aliphatic carbocycles. The molecule has 0 saturated carbocycles. The molecule has 4 nitrogen and oxygen atoms in total. The highest BCUT2D eigenvalue weighted by Crippen LogP contribution is 2.28. The number of nitrogens with zero attached hydrogens (tertiary/aromatic N) is 3. The van der Waals surface area contributed by atoms with Crippen LogP contribution in [0.2, 0.25) is 5.02 Å². The van der Waals surface area contributed by atoms with Crippen LogP contribution in [-0.4, -0.2) is 33.7 Å². The fourth-order valence-electron chi connectivity index (χ4n) is 4.83. The molecule has 1 aliphatic heterocycles. The first-order valence-corrected chi connectivity index (χ1v) is 12.6. The highest BCUT2D eigenvalue weighted by molar-refractivity contribution is 6.30. The second-order valence-corrected chi connectivity index (χ2v) is 9.97. The summed E-state index contributed by atoms with van der Waals surface area (Å²) in [6.07, 6.45) is 3.09. The van der Waals surface area contributed by atoms with Gasteiger partial charge in [-0.1, -0.05) is 60.1 Å². The number of aryl methyl sites for hydroxylation is 2. The molecule has 1 aliphatic rings. The number of carbonyl (C=O) groups is 1. The van der Waals surface area contributed by atoms with Crippen molar-refractivity contribution in [2.75, 3.05) is 13.1 Å². The van der Waals surface area contributed by atoms with Gasteiger partial charge in [-0.2, -0.15) is 5.10 Å². The molecule has 1 saturated heterocycles. The van der Waals surface area contributed by atoms with Gasteiger partial charge in [-0.25, -0.2) is 4.68 Å². The zero-order valence-electron chi connectivity index (χ0n) is 20.2. The number of benzene rings is 3. The molecule has 35 heavy (non-hydrogen) atoms. The summed E-state index contributed by atoms with van der Waals surface area (Å²) < 4.78 is 1.74. The maximum atomic E-state index is 13.7. The van der Waals surface area contributed by atoms with Crippen LogP contribution in [0.25, 0.3) is 16.9 Å². The molecule has 0 radical (unpaired) electrons. The van der Waals surface area contributed by atoms with Crippen molar-refractivity contribution in [3.63, 3.8) is 0 Å². The fraction of sp³-hybridized carbons (Fsp3) is 0.267. The number of hydrogen-bond donors (Lipinski definition) is 0. The van der Waals surface area contributed by atoms with Crippen molar-refractivity contribution < 1.29 is 4.79 Å². The van der Waals surface area contributed by atoms with Gasteiger partial charge < -0.3 is 4.90 Å². The van der Waals surface area contributed by atoms with E-state index in [-0.39, 0.29) is 5.91 Å². The van der Waals surface area contributed by atoms with Crippen molar-refractivity contribution in [3.05, 3.63) is 106 Å². The minimum absolute atomic E-state index is 0.0192. The number of halogens is 1. The summed E-state index contributed by atoms with van der Waals surface area (Å²) in [6.45, 7) is 5.71. The molecular formula is C30H30ClN3O. The number of amides is 1. The van der Waals surface area contributed by atoms with Crippen molar-refractivity contribution in [2.45, 2.75) is 33.1 Å². The van der Waals surface area contributed by atoms with E-state index in [4.69, 9.17) is 16.7 Å². The van der Waals surface area contributed by atoms with Crippen molar-refractivity contribution >= 4 is 17.5 Å². The molecule has 3 aromatic carbocycles. The molecule has 0 N–H and O–H groups in total. The third kappa shape index (κ3) is 5.18.